The second kappa shape index (κ2) is 8.31. The maximum atomic E-state index is 13.0. The summed E-state index contributed by atoms with van der Waals surface area (Å²) in [6, 6.07) is 10.9. The smallest absolute Gasteiger partial charge is 0.343 e. The highest BCUT2D eigenvalue weighted by Gasteiger charge is 2.31. The summed E-state index contributed by atoms with van der Waals surface area (Å²) in [5.74, 6) is 0.0164. The largest absolute Gasteiger partial charge is 0.423 e. The molecule has 8 heteroatoms. The van der Waals surface area contributed by atoms with Crippen LogP contribution in [0, 0.1) is 5.92 Å². The highest BCUT2D eigenvalue weighted by molar-refractivity contribution is 9.10. The average molecular weight is 473 g/mol. The predicted molar refractivity (Wildman–Crippen MR) is 108 cm³/mol. The third-order valence-electron chi connectivity index (χ3n) is 4.43. The Bertz CT molecular complexity index is 947. The number of halogens is 2. The molecule has 2 aromatic carbocycles. The molecule has 1 aliphatic heterocycles. The zero-order valence-electron chi connectivity index (χ0n) is 14.7. The van der Waals surface area contributed by atoms with Crippen LogP contribution in [0.2, 0.25) is 5.02 Å². The van der Waals surface area contributed by atoms with Crippen molar-refractivity contribution in [3.8, 4) is 5.75 Å². The molecule has 144 valence electrons. The number of sulfonamides is 1. The number of nitrogens with zero attached hydrogens (tertiary/aromatic N) is 1. The van der Waals surface area contributed by atoms with E-state index in [1.807, 2.05) is 6.92 Å². The van der Waals surface area contributed by atoms with Gasteiger partial charge in [-0.2, -0.15) is 4.31 Å². The van der Waals surface area contributed by atoms with E-state index in [2.05, 4.69) is 15.9 Å². The van der Waals surface area contributed by atoms with Crippen LogP contribution in [0.5, 0.6) is 5.75 Å². The molecule has 1 fully saturated rings. The van der Waals surface area contributed by atoms with Crippen molar-refractivity contribution in [3.05, 3.63) is 57.5 Å². The number of carbonyl (C=O) groups is 1. The maximum Gasteiger partial charge on any atom is 0.343 e. The summed E-state index contributed by atoms with van der Waals surface area (Å²) in [5.41, 5.74) is 0.131. The highest BCUT2D eigenvalue weighted by atomic mass is 79.9. The Labute approximate surface area is 172 Å². The number of ether oxygens (including phenoxy) is 1. The first-order valence-electron chi connectivity index (χ1n) is 8.55. The zero-order chi connectivity index (χ0) is 19.6. The minimum atomic E-state index is -3.77. The SMILES string of the molecule is C[C@@H]1CCCN(S(=O)(=O)c2cc(C(=O)Oc3ccc(Br)cc3)ccc2Cl)C1. The lowest BCUT2D eigenvalue weighted by Crippen LogP contribution is -2.39. The van der Waals surface area contributed by atoms with E-state index < -0.39 is 16.0 Å². The van der Waals surface area contributed by atoms with E-state index in [-0.39, 0.29) is 21.4 Å². The van der Waals surface area contributed by atoms with Crippen molar-refractivity contribution in [2.75, 3.05) is 13.1 Å². The Hall–Kier alpha value is -1.41. The molecule has 0 unspecified atom stereocenters. The Morgan fingerprint density at radius 2 is 1.93 bits per heavy atom. The molecular formula is C19H19BrClNO4S. The van der Waals surface area contributed by atoms with Gasteiger partial charge in [0.25, 0.3) is 0 Å². The summed E-state index contributed by atoms with van der Waals surface area (Å²) in [6.45, 7) is 2.93. The standard InChI is InChI=1S/C19H19BrClNO4S/c1-13-3-2-10-22(12-13)27(24,25)18-11-14(4-9-17(18)21)19(23)26-16-7-5-15(20)6-8-16/h4-9,11,13H,2-3,10,12H2,1H3/t13-/m1/s1. The minimum absolute atomic E-state index is 0.0662. The van der Waals surface area contributed by atoms with Crippen LogP contribution in [0.1, 0.15) is 30.1 Å². The molecule has 1 atom stereocenters. The number of carbonyl (C=O) groups excluding carboxylic acids is 1. The van der Waals surface area contributed by atoms with E-state index in [0.29, 0.717) is 18.8 Å². The van der Waals surface area contributed by atoms with Gasteiger partial charge in [0, 0.05) is 17.6 Å². The second-order valence-electron chi connectivity index (χ2n) is 6.60. The topological polar surface area (TPSA) is 63.7 Å². The van der Waals surface area contributed by atoms with Crippen LogP contribution in [0.15, 0.2) is 51.8 Å². The van der Waals surface area contributed by atoms with Crippen molar-refractivity contribution in [1.29, 1.82) is 0 Å². The molecule has 0 amide bonds. The third kappa shape index (κ3) is 4.71. The molecule has 0 aromatic heterocycles. The fourth-order valence-corrected chi connectivity index (χ4v) is 5.36. The van der Waals surface area contributed by atoms with Gasteiger partial charge in [-0.3, -0.25) is 0 Å². The maximum absolute atomic E-state index is 13.0. The van der Waals surface area contributed by atoms with Gasteiger partial charge in [-0.25, -0.2) is 13.2 Å². The van der Waals surface area contributed by atoms with Crippen molar-refractivity contribution in [3.63, 3.8) is 0 Å². The monoisotopic (exact) mass is 471 g/mol. The normalized spacial score (nSPS) is 18.3. The molecule has 2 aromatic rings. The number of benzene rings is 2. The molecule has 1 aliphatic rings. The lowest BCUT2D eigenvalue weighted by molar-refractivity contribution is 0.0734. The van der Waals surface area contributed by atoms with Crippen molar-refractivity contribution in [2.24, 2.45) is 5.92 Å². The molecule has 5 nitrogen and oxygen atoms in total. The summed E-state index contributed by atoms with van der Waals surface area (Å²) in [4.78, 5) is 12.4. The minimum Gasteiger partial charge on any atom is -0.423 e. The first-order valence-corrected chi connectivity index (χ1v) is 11.2. The first kappa shape index (κ1) is 20.3. The molecule has 1 heterocycles. The zero-order valence-corrected chi connectivity index (χ0v) is 17.9. The van der Waals surface area contributed by atoms with Gasteiger partial charge in [0.2, 0.25) is 10.0 Å². The van der Waals surface area contributed by atoms with Crippen LogP contribution in [0.3, 0.4) is 0 Å². The summed E-state index contributed by atoms with van der Waals surface area (Å²) in [6.07, 6.45) is 1.81. The number of piperidine rings is 1. The number of rotatable bonds is 4. The lowest BCUT2D eigenvalue weighted by atomic mass is 10.0. The third-order valence-corrected chi connectivity index (χ3v) is 7.30. The van der Waals surface area contributed by atoms with Crippen molar-refractivity contribution < 1.29 is 17.9 Å². The van der Waals surface area contributed by atoms with Gasteiger partial charge in [0.15, 0.2) is 0 Å². The molecule has 0 radical (unpaired) electrons. The van der Waals surface area contributed by atoms with Gasteiger partial charge in [-0.1, -0.05) is 34.5 Å². The Morgan fingerprint density at radius 1 is 1.22 bits per heavy atom. The fraction of sp³-hybridized carbons (Fsp3) is 0.316. The molecule has 0 spiro atoms. The van der Waals surface area contributed by atoms with Gasteiger partial charge in [-0.05, 0) is 61.2 Å². The van der Waals surface area contributed by atoms with E-state index in [9.17, 15) is 13.2 Å². The average Bonchev–Trinajstić information content (AvgIpc) is 2.63. The Balaban J connectivity index is 1.87. The van der Waals surface area contributed by atoms with Crippen LogP contribution >= 0.6 is 27.5 Å². The van der Waals surface area contributed by atoms with Gasteiger partial charge in [0.1, 0.15) is 10.6 Å². The van der Waals surface area contributed by atoms with E-state index in [4.69, 9.17) is 16.3 Å². The fourth-order valence-electron chi connectivity index (χ4n) is 3.00. The van der Waals surface area contributed by atoms with E-state index in [0.717, 1.165) is 17.3 Å². The van der Waals surface area contributed by atoms with E-state index >= 15 is 0 Å². The molecule has 0 bridgehead atoms. The lowest BCUT2D eigenvalue weighted by Gasteiger charge is -2.30. The first-order chi connectivity index (χ1) is 12.8. The summed E-state index contributed by atoms with van der Waals surface area (Å²) >= 11 is 9.47. The van der Waals surface area contributed by atoms with E-state index in [1.54, 1.807) is 24.3 Å². The predicted octanol–water partition coefficient (Wildman–Crippen LogP) is 4.74. The molecule has 0 N–H and O–H groups in total. The van der Waals surface area contributed by atoms with Crippen LogP contribution in [0.4, 0.5) is 0 Å². The van der Waals surface area contributed by atoms with Crippen LogP contribution < -0.4 is 4.74 Å². The quantitative estimate of drug-likeness (QED) is 0.476. The molecular weight excluding hydrogens is 454 g/mol. The van der Waals surface area contributed by atoms with Crippen molar-refractivity contribution in [1.82, 2.24) is 4.31 Å². The summed E-state index contributed by atoms with van der Waals surface area (Å²) < 4.78 is 33.6. The molecule has 1 saturated heterocycles. The van der Waals surface area contributed by atoms with Crippen molar-refractivity contribution >= 4 is 43.5 Å². The summed E-state index contributed by atoms with van der Waals surface area (Å²) in [5, 5.41) is 0.0911. The van der Waals surface area contributed by atoms with Gasteiger partial charge in [0.05, 0.1) is 10.6 Å². The van der Waals surface area contributed by atoms with Gasteiger partial charge in [-0.15, -0.1) is 0 Å². The molecule has 0 aliphatic carbocycles. The highest BCUT2D eigenvalue weighted by Crippen LogP contribution is 2.29. The van der Waals surface area contributed by atoms with Crippen molar-refractivity contribution in [2.45, 2.75) is 24.7 Å². The summed E-state index contributed by atoms with van der Waals surface area (Å²) in [7, 11) is -3.77. The number of hydrogen-bond acceptors (Lipinski definition) is 4. The van der Waals surface area contributed by atoms with Crippen LogP contribution in [-0.2, 0) is 10.0 Å². The molecule has 3 rings (SSSR count). The number of esters is 1. The Kier molecular flexibility index (Phi) is 6.25. The Morgan fingerprint density at radius 3 is 2.59 bits per heavy atom. The van der Waals surface area contributed by atoms with Crippen LogP contribution in [-0.4, -0.2) is 31.8 Å². The van der Waals surface area contributed by atoms with Crippen LogP contribution in [0.25, 0.3) is 0 Å². The molecule has 27 heavy (non-hydrogen) atoms. The van der Waals surface area contributed by atoms with Gasteiger partial charge < -0.3 is 4.74 Å². The van der Waals surface area contributed by atoms with E-state index in [1.165, 1.54) is 22.5 Å². The second-order valence-corrected chi connectivity index (χ2v) is 9.83. The number of hydrogen-bond donors (Lipinski definition) is 0. The van der Waals surface area contributed by atoms with Gasteiger partial charge >= 0.3 is 5.97 Å². The molecule has 0 saturated carbocycles.